The Labute approximate surface area is 101 Å². The summed E-state index contributed by atoms with van der Waals surface area (Å²) in [6, 6.07) is 0.773. The summed E-state index contributed by atoms with van der Waals surface area (Å²) >= 11 is 0. The van der Waals surface area contributed by atoms with E-state index in [1.165, 1.54) is 71.1 Å². The predicted molar refractivity (Wildman–Crippen MR) is 69.7 cm³/mol. The van der Waals surface area contributed by atoms with Crippen molar-refractivity contribution in [3.05, 3.63) is 0 Å². The van der Waals surface area contributed by atoms with Crippen LogP contribution in [0.15, 0.2) is 0 Å². The van der Waals surface area contributed by atoms with Gasteiger partial charge < -0.3 is 10.2 Å². The summed E-state index contributed by atoms with van der Waals surface area (Å²) in [6.07, 6.45) is 9.99. The first kappa shape index (κ1) is 12.4. The summed E-state index contributed by atoms with van der Waals surface area (Å²) in [4.78, 5) is 2.72. The van der Waals surface area contributed by atoms with Crippen molar-refractivity contribution in [1.82, 2.24) is 10.2 Å². The minimum Gasteiger partial charge on any atom is -0.313 e. The summed E-state index contributed by atoms with van der Waals surface area (Å²) in [5.41, 5.74) is 0. The topological polar surface area (TPSA) is 15.3 Å². The minimum atomic E-state index is 0.773. The third-order valence-electron chi connectivity index (χ3n) is 4.18. The molecule has 1 atom stereocenters. The molecule has 94 valence electrons. The van der Waals surface area contributed by atoms with Crippen molar-refractivity contribution in [3.8, 4) is 0 Å². The molecule has 0 spiro atoms. The standard InChI is InChI=1S/C14H28N2/c1-2-9-15-14-8-5-10-16(12-14)11-13-6-3-4-7-13/h13-15H,2-12H2,1H3. The van der Waals surface area contributed by atoms with Gasteiger partial charge in [-0.3, -0.25) is 0 Å². The summed E-state index contributed by atoms with van der Waals surface area (Å²) in [7, 11) is 0. The summed E-state index contributed by atoms with van der Waals surface area (Å²) < 4.78 is 0. The molecule has 0 radical (unpaired) electrons. The van der Waals surface area contributed by atoms with Gasteiger partial charge in [0.05, 0.1) is 0 Å². The van der Waals surface area contributed by atoms with Crippen LogP contribution in [-0.4, -0.2) is 37.1 Å². The molecule has 1 saturated heterocycles. The monoisotopic (exact) mass is 224 g/mol. The highest BCUT2D eigenvalue weighted by molar-refractivity contribution is 4.80. The van der Waals surface area contributed by atoms with E-state index >= 15 is 0 Å². The zero-order valence-corrected chi connectivity index (χ0v) is 10.9. The predicted octanol–water partition coefficient (Wildman–Crippen LogP) is 2.64. The average Bonchev–Trinajstić information content (AvgIpc) is 2.80. The first-order chi connectivity index (χ1) is 7.88. The van der Waals surface area contributed by atoms with Crippen LogP contribution >= 0.6 is 0 Å². The van der Waals surface area contributed by atoms with Crippen LogP contribution in [0, 0.1) is 5.92 Å². The summed E-state index contributed by atoms with van der Waals surface area (Å²) in [5.74, 6) is 1.02. The van der Waals surface area contributed by atoms with E-state index in [0.29, 0.717) is 0 Å². The van der Waals surface area contributed by atoms with Gasteiger partial charge in [0.15, 0.2) is 0 Å². The molecule has 0 bridgehead atoms. The molecule has 0 amide bonds. The molecule has 0 aromatic carbocycles. The zero-order valence-electron chi connectivity index (χ0n) is 10.9. The second kappa shape index (κ2) is 6.61. The van der Waals surface area contributed by atoms with Crippen molar-refractivity contribution in [2.45, 2.75) is 57.9 Å². The van der Waals surface area contributed by atoms with E-state index in [4.69, 9.17) is 0 Å². The highest BCUT2D eigenvalue weighted by Gasteiger charge is 2.23. The summed E-state index contributed by atoms with van der Waals surface area (Å²) in [6.45, 7) is 7.48. The second-order valence-corrected chi connectivity index (χ2v) is 5.70. The van der Waals surface area contributed by atoms with Gasteiger partial charge in [-0.05, 0) is 51.1 Å². The Balaban J connectivity index is 1.68. The van der Waals surface area contributed by atoms with Crippen molar-refractivity contribution in [2.75, 3.05) is 26.2 Å². The van der Waals surface area contributed by atoms with E-state index in [1.54, 1.807) is 0 Å². The van der Waals surface area contributed by atoms with Gasteiger partial charge in [0.1, 0.15) is 0 Å². The number of piperidine rings is 1. The highest BCUT2D eigenvalue weighted by Crippen LogP contribution is 2.26. The van der Waals surface area contributed by atoms with E-state index in [9.17, 15) is 0 Å². The van der Waals surface area contributed by atoms with Crippen molar-refractivity contribution < 1.29 is 0 Å². The number of nitrogens with zero attached hydrogens (tertiary/aromatic N) is 1. The largest absolute Gasteiger partial charge is 0.313 e. The van der Waals surface area contributed by atoms with Crippen LogP contribution in [0.4, 0.5) is 0 Å². The van der Waals surface area contributed by atoms with E-state index in [2.05, 4.69) is 17.1 Å². The Hall–Kier alpha value is -0.0800. The van der Waals surface area contributed by atoms with Crippen LogP contribution in [0.1, 0.15) is 51.9 Å². The molecule has 1 heterocycles. The quantitative estimate of drug-likeness (QED) is 0.772. The van der Waals surface area contributed by atoms with Crippen LogP contribution < -0.4 is 5.32 Å². The molecule has 16 heavy (non-hydrogen) atoms. The van der Waals surface area contributed by atoms with Crippen molar-refractivity contribution in [3.63, 3.8) is 0 Å². The lowest BCUT2D eigenvalue weighted by Crippen LogP contribution is -2.47. The van der Waals surface area contributed by atoms with Gasteiger partial charge in [-0.1, -0.05) is 19.8 Å². The van der Waals surface area contributed by atoms with Gasteiger partial charge in [0, 0.05) is 19.1 Å². The first-order valence-electron chi connectivity index (χ1n) is 7.34. The third-order valence-corrected chi connectivity index (χ3v) is 4.18. The van der Waals surface area contributed by atoms with Crippen LogP contribution in [0.2, 0.25) is 0 Å². The Morgan fingerprint density at radius 2 is 1.94 bits per heavy atom. The number of hydrogen-bond acceptors (Lipinski definition) is 2. The van der Waals surface area contributed by atoms with Gasteiger partial charge in [-0.2, -0.15) is 0 Å². The molecule has 0 aromatic heterocycles. The Morgan fingerprint density at radius 3 is 2.69 bits per heavy atom. The second-order valence-electron chi connectivity index (χ2n) is 5.70. The molecule has 0 aromatic rings. The van der Waals surface area contributed by atoms with Gasteiger partial charge in [-0.25, -0.2) is 0 Å². The molecule has 1 aliphatic carbocycles. The van der Waals surface area contributed by atoms with Crippen LogP contribution in [0.25, 0.3) is 0 Å². The van der Waals surface area contributed by atoms with Crippen molar-refractivity contribution >= 4 is 0 Å². The Morgan fingerprint density at radius 1 is 1.12 bits per heavy atom. The SMILES string of the molecule is CCCNC1CCCN(CC2CCCC2)C1. The molecule has 2 fully saturated rings. The molecular formula is C14H28N2. The lowest BCUT2D eigenvalue weighted by Gasteiger charge is -2.34. The fraction of sp³-hybridized carbons (Fsp3) is 1.00. The van der Waals surface area contributed by atoms with E-state index in [0.717, 1.165) is 12.0 Å². The van der Waals surface area contributed by atoms with Crippen LogP contribution in [0.3, 0.4) is 0 Å². The fourth-order valence-electron chi connectivity index (χ4n) is 3.29. The zero-order chi connectivity index (χ0) is 11.2. The number of nitrogens with one attached hydrogen (secondary N) is 1. The molecule has 2 aliphatic rings. The van der Waals surface area contributed by atoms with Gasteiger partial charge in [-0.15, -0.1) is 0 Å². The lowest BCUT2D eigenvalue weighted by atomic mass is 10.0. The lowest BCUT2D eigenvalue weighted by molar-refractivity contribution is 0.166. The number of likely N-dealkylation sites (tertiary alicyclic amines) is 1. The van der Waals surface area contributed by atoms with Gasteiger partial charge >= 0.3 is 0 Å². The molecule has 2 nitrogen and oxygen atoms in total. The Kier molecular flexibility index (Phi) is 5.11. The maximum atomic E-state index is 3.68. The van der Waals surface area contributed by atoms with E-state index in [-0.39, 0.29) is 0 Å². The average molecular weight is 224 g/mol. The summed E-state index contributed by atoms with van der Waals surface area (Å²) in [5, 5.41) is 3.68. The highest BCUT2D eigenvalue weighted by atomic mass is 15.2. The maximum Gasteiger partial charge on any atom is 0.0195 e. The van der Waals surface area contributed by atoms with E-state index < -0.39 is 0 Å². The molecule has 1 aliphatic heterocycles. The van der Waals surface area contributed by atoms with Gasteiger partial charge in [0.25, 0.3) is 0 Å². The molecule has 2 rings (SSSR count). The van der Waals surface area contributed by atoms with Crippen molar-refractivity contribution in [2.24, 2.45) is 5.92 Å². The third kappa shape index (κ3) is 3.74. The molecular weight excluding hydrogens is 196 g/mol. The van der Waals surface area contributed by atoms with Crippen LogP contribution in [0.5, 0.6) is 0 Å². The smallest absolute Gasteiger partial charge is 0.0195 e. The molecule has 1 saturated carbocycles. The molecule has 1 N–H and O–H groups in total. The minimum absolute atomic E-state index is 0.773. The number of hydrogen-bond donors (Lipinski definition) is 1. The first-order valence-corrected chi connectivity index (χ1v) is 7.34. The number of rotatable bonds is 5. The van der Waals surface area contributed by atoms with Crippen molar-refractivity contribution in [1.29, 1.82) is 0 Å². The maximum absolute atomic E-state index is 3.68. The fourth-order valence-corrected chi connectivity index (χ4v) is 3.29. The van der Waals surface area contributed by atoms with E-state index in [1.807, 2.05) is 0 Å². The van der Waals surface area contributed by atoms with Gasteiger partial charge in [0.2, 0.25) is 0 Å². The molecule has 1 unspecified atom stereocenters. The van der Waals surface area contributed by atoms with Crippen LogP contribution in [-0.2, 0) is 0 Å². The normalized spacial score (nSPS) is 28.7. The molecule has 2 heteroatoms. The Bertz CT molecular complexity index is 187.